The van der Waals surface area contributed by atoms with Gasteiger partial charge in [0.05, 0.1) is 35.8 Å². The van der Waals surface area contributed by atoms with Crippen LogP contribution in [0.5, 0.6) is 5.75 Å². The lowest BCUT2D eigenvalue weighted by atomic mass is 9.98. The van der Waals surface area contributed by atoms with E-state index in [1.165, 1.54) is 0 Å². The molecule has 0 saturated carbocycles. The van der Waals surface area contributed by atoms with Crippen molar-refractivity contribution in [2.45, 2.75) is 52.0 Å². The Labute approximate surface area is 247 Å². The fourth-order valence-corrected chi connectivity index (χ4v) is 5.36. The summed E-state index contributed by atoms with van der Waals surface area (Å²) in [5.41, 5.74) is 1.97. The Morgan fingerprint density at radius 3 is 2.46 bits per heavy atom. The van der Waals surface area contributed by atoms with E-state index in [4.69, 9.17) is 13.9 Å². The van der Waals surface area contributed by atoms with Gasteiger partial charge in [-0.2, -0.15) is 0 Å². The first-order chi connectivity index (χ1) is 19.9. The molecule has 41 heavy (non-hydrogen) atoms. The van der Waals surface area contributed by atoms with Crippen LogP contribution in [-0.4, -0.2) is 25.1 Å². The molecule has 0 spiro atoms. The second-order valence-corrected chi connectivity index (χ2v) is 11.0. The van der Waals surface area contributed by atoms with Crippen molar-refractivity contribution in [1.82, 2.24) is 0 Å². The van der Waals surface area contributed by atoms with Crippen LogP contribution in [0.4, 0.5) is 5.69 Å². The van der Waals surface area contributed by atoms with Gasteiger partial charge < -0.3 is 13.9 Å². The van der Waals surface area contributed by atoms with Gasteiger partial charge >= 0.3 is 5.97 Å². The molecule has 7 nitrogen and oxygen atoms in total. The number of unbranched alkanes of at least 4 members (excludes halogenated alkanes) is 3. The average molecular weight is 619 g/mol. The largest absolute Gasteiger partial charge is 0.494 e. The van der Waals surface area contributed by atoms with Gasteiger partial charge in [0.15, 0.2) is 5.43 Å². The number of anilines is 1. The van der Waals surface area contributed by atoms with Crippen LogP contribution in [0.3, 0.4) is 0 Å². The SMILES string of the molecule is CCCCCOc1cccc(C2c3c(oc4ccc(Br)cc4c3=O)C(=O)N2c2ccc(C(=O)OCCCC)cc2)c1. The van der Waals surface area contributed by atoms with Gasteiger partial charge in [0, 0.05) is 10.2 Å². The van der Waals surface area contributed by atoms with Crippen LogP contribution in [0.2, 0.25) is 0 Å². The number of amides is 1. The molecule has 0 aliphatic carbocycles. The number of hydrogen-bond acceptors (Lipinski definition) is 6. The molecular weight excluding hydrogens is 586 g/mol. The van der Waals surface area contributed by atoms with Crippen molar-refractivity contribution in [3.8, 4) is 5.75 Å². The molecule has 1 atom stereocenters. The van der Waals surface area contributed by atoms with Crippen molar-refractivity contribution in [3.05, 3.63) is 104 Å². The maximum Gasteiger partial charge on any atom is 0.338 e. The average Bonchev–Trinajstić information content (AvgIpc) is 3.28. The van der Waals surface area contributed by atoms with Crippen LogP contribution in [0, 0.1) is 0 Å². The maximum atomic E-state index is 13.9. The van der Waals surface area contributed by atoms with Gasteiger partial charge in [0.2, 0.25) is 5.76 Å². The molecule has 1 amide bonds. The minimum Gasteiger partial charge on any atom is -0.494 e. The summed E-state index contributed by atoms with van der Waals surface area (Å²) in [6.45, 7) is 5.10. The highest BCUT2D eigenvalue weighted by molar-refractivity contribution is 9.10. The van der Waals surface area contributed by atoms with E-state index in [2.05, 4.69) is 22.9 Å². The summed E-state index contributed by atoms with van der Waals surface area (Å²) in [6.07, 6.45) is 4.82. The highest BCUT2D eigenvalue weighted by atomic mass is 79.9. The number of rotatable bonds is 11. The summed E-state index contributed by atoms with van der Waals surface area (Å²) < 4.78 is 18.1. The number of nitrogens with zero attached hydrogens (tertiary/aromatic N) is 1. The van der Waals surface area contributed by atoms with Gasteiger partial charge in [-0.25, -0.2) is 4.79 Å². The zero-order valence-electron chi connectivity index (χ0n) is 23.2. The molecule has 0 N–H and O–H groups in total. The summed E-state index contributed by atoms with van der Waals surface area (Å²) in [6, 6.07) is 18.5. The summed E-state index contributed by atoms with van der Waals surface area (Å²) >= 11 is 3.44. The van der Waals surface area contributed by atoms with Crippen LogP contribution >= 0.6 is 15.9 Å². The molecule has 0 bridgehead atoms. The smallest absolute Gasteiger partial charge is 0.338 e. The number of carbonyl (C=O) groups excluding carboxylic acids is 2. The topological polar surface area (TPSA) is 86.0 Å². The standard InChI is InChI=1S/C33H32BrNO6/c1-3-5-7-18-39-25-10-8-9-22(19-25)29-28-30(36)26-20-23(34)13-16-27(26)41-31(28)32(37)35(29)24-14-11-21(12-15-24)33(38)40-17-6-4-2/h8-16,19-20,29H,3-7,17-18H2,1-2H3. The molecule has 4 aromatic rings. The van der Waals surface area contributed by atoms with Crippen molar-refractivity contribution in [1.29, 1.82) is 0 Å². The second-order valence-electron chi connectivity index (χ2n) is 10.1. The minimum absolute atomic E-state index is 0.00661. The van der Waals surface area contributed by atoms with Crippen molar-refractivity contribution in [2.75, 3.05) is 18.1 Å². The zero-order chi connectivity index (χ0) is 28.9. The van der Waals surface area contributed by atoms with Crippen molar-refractivity contribution >= 4 is 44.5 Å². The summed E-state index contributed by atoms with van der Waals surface area (Å²) in [4.78, 5) is 41.9. The Hall–Kier alpha value is -3.91. The van der Waals surface area contributed by atoms with Crippen LogP contribution in [0.25, 0.3) is 11.0 Å². The third-order valence-electron chi connectivity index (χ3n) is 7.13. The molecule has 2 heterocycles. The lowest BCUT2D eigenvalue weighted by molar-refractivity contribution is 0.0499. The first-order valence-corrected chi connectivity index (χ1v) is 14.8. The number of halogens is 1. The number of carbonyl (C=O) groups is 2. The third kappa shape index (κ3) is 5.93. The monoisotopic (exact) mass is 617 g/mol. The Balaban J connectivity index is 1.58. The number of hydrogen-bond donors (Lipinski definition) is 0. The number of benzene rings is 3. The summed E-state index contributed by atoms with van der Waals surface area (Å²) in [5, 5.41) is 0.384. The van der Waals surface area contributed by atoms with E-state index in [1.807, 2.05) is 31.2 Å². The molecule has 5 rings (SSSR count). The van der Waals surface area contributed by atoms with Gasteiger partial charge in [-0.1, -0.05) is 61.2 Å². The molecule has 0 saturated heterocycles. The Bertz CT molecular complexity index is 1630. The van der Waals surface area contributed by atoms with E-state index >= 15 is 0 Å². The molecular formula is C33H32BrNO6. The quantitative estimate of drug-likeness (QED) is 0.126. The molecule has 212 valence electrons. The van der Waals surface area contributed by atoms with E-state index in [0.717, 1.165) is 42.1 Å². The number of esters is 1. The Morgan fingerprint density at radius 1 is 0.927 bits per heavy atom. The first kappa shape index (κ1) is 28.6. The van der Waals surface area contributed by atoms with Gasteiger partial charge in [0.1, 0.15) is 11.3 Å². The van der Waals surface area contributed by atoms with Crippen LogP contribution in [-0.2, 0) is 4.74 Å². The lowest BCUT2D eigenvalue weighted by Gasteiger charge is -2.25. The first-order valence-electron chi connectivity index (χ1n) is 14.0. The second kappa shape index (κ2) is 12.7. The highest BCUT2D eigenvalue weighted by Crippen LogP contribution is 2.42. The van der Waals surface area contributed by atoms with Crippen LogP contribution < -0.4 is 15.1 Å². The predicted molar refractivity (Wildman–Crippen MR) is 162 cm³/mol. The van der Waals surface area contributed by atoms with E-state index in [1.54, 1.807) is 47.4 Å². The van der Waals surface area contributed by atoms with Gasteiger partial charge in [-0.3, -0.25) is 14.5 Å². The molecule has 1 aliphatic heterocycles. The molecule has 1 aromatic heterocycles. The van der Waals surface area contributed by atoms with Gasteiger partial charge in [-0.05, 0) is 73.0 Å². The molecule has 0 radical (unpaired) electrons. The van der Waals surface area contributed by atoms with Crippen molar-refractivity contribution < 1.29 is 23.5 Å². The molecule has 1 unspecified atom stereocenters. The normalized spacial score (nSPS) is 14.4. The fraction of sp³-hybridized carbons (Fsp3) is 0.303. The lowest BCUT2D eigenvalue weighted by Crippen LogP contribution is -2.29. The van der Waals surface area contributed by atoms with E-state index < -0.39 is 17.9 Å². The van der Waals surface area contributed by atoms with E-state index in [0.29, 0.717) is 41.2 Å². The minimum atomic E-state index is -0.751. The van der Waals surface area contributed by atoms with Crippen LogP contribution in [0.15, 0.2) is 80.4 Å². The van der Waals surface area contributed by atoms with Crippen molar-refractivity contribution in [3.63, 3.8) is 0 Å². The van der Waals surface area contributed by atoms with E-state index in [9.17, 15) is 14.4 Å². The predicted octanol–water partition coefficient (Wildman–Crippen LogP) is 7.83. The zero-order valence-corrected chi connectivity index (χ0v) is 24.7. The third-order valence-corrected chi connectivity index (χ3v) is 7.63. The maximum absolute atomic E-state index is 13.9. The van der Waals surface area contributed by atoms with Crippen LogP contribution in [0.1, 0.15) is 84.0 Å². The molecule has 0 fully saturated rings. The fourth-order valence-electron chi connectivity index (χ4n) is 4.99. The van der Waals surface area contributed by atoms with Gasteiger partial charge in [0.25, 0.3) is 5.91 Å². The Morgan fingerprint density at radius 2 is 1.71 bits per heavy atom. The van der Waals surface area contributed by atoms with Gasteiger partial charge in [-0.15, -0.1) is 0 Å². The molecule has 8 heteroatoms. The van der Waals surface area contributed by atoms with E-state index in [-0.39, 0.29) is 16.8 Å². The molecule has 3 aromatic carbocycles. The molecule has 1 aliphatic rings. The summed E-state index contributed by atoms with van der Waals surface area (Å²) in [7, 11) is 0. The summed E-state index contributed by atoms with van der Waals surface area (Å²) in [5.74, 6) is -0.177. The Kier molecular flexibility index (Phi) is 8.88. The van der Waals surface area contributed by atoms with Crippen molar-refractivity contribution in [2.24, 2.45) is 0 Å². The number of fused-ring (bicyclic) bond motifs is 2. The number of ether oxygens (including phenoxy) is 2. The highest BCUT2D eigenvalue weighted by Gasteiger charge is 2.43.